The van der Waals surface area contributed by atoms with Crippen molar-refractivity contribution >= 4 is 66.9 Å². The largest absolute Gasteiger partial charge is 0.312 e. The average molecular weight is 463 g/mol. The van der Waals surface area contributed by atoms with Crippen LogP contribution < -0.4 is 5.32 Å². The van der Waals surface area contributed by atoms with Gasteiger partial charge in [-0.1, -0.05) is 50.0 Å². The quantitative estimate of drug-likeness (QED) is 0.427. The van der Waals surface area contributed by atoms with E-state index >= 15 is 0 Å². The van der Waals surface area contributed by atoms with Gasteiger partial charge in [-0.15, -0.1) is 22.7 Å². The van der Waals surface area contributed by atoms with Crippen LogP contribution in [0.25, 0.3) is 10.1 Å². The first-order valence-electron chi connectivity index (χ1n) is 9.43. The van der Waals surface area contributed by atoms with E-state index in [0.717, 1.165) is 29.5 Å². The van der Waals surface area contributed by atoms with Gasteiger partial charge < -0.3 is 5.32 Å². The summed E-state index contributed by atoms with van der Waals surface area (Å²) in [5.41, 5.74) is 1.92. The smallest absolute Gasteiger partial charge is 0.267 e. The average Bonchev–Trinajstić information content (AvgIpc) is 3.18. The van der Waals surface area contributed by atoms with Crippen molar-refractivity contribution in [3.63, 3.8) is 0 Å². The third-order valence-electron chi connectivity index (χ3n) is 5.64. The monoisotopic (exact) mass is 462 g/mol. The summed E-state index contributed by atoms with van der Waals surface area (Å²) in [5.74, 6) is 0.276. The highest BCUT2D eigenvalue weighted by Crippen LogP contribution is 2.45. The maximum atomic E-state index is 13.0. The molecule has 1 N–H and O–H groups in total. The lowest BCUT2D eigenvalue weighted by Gasteiger charge is -2.33. The number of hydrogen-bond donors (Lipinski definition) is 1. The van der Waals surface area contributed by atoms with Gasteiger partial charge in [0.1, 0.15) is 15.9 Å². The Kier molecular flexibility index (Phi) is 5.41. The third-order valence-corrected chi connectivity index (χ3v) is 8.77. The van der Waals surface area contributed by atoms with Crippen LogP contribution in [0.4, 0.5) is 5.00 Å². The Morgan fingerprint density at radius 2 is 2.03 bits per heavy atom. The summed E-state index contributed by atoms with van der Waals surface area (Å²) in [6.45, 7) is 6.79. The molecular formula is C22H20Cl2N2OS2. The lowest BCUT2D eigenvalue weighted by molar-refractivity contribution is 0.103. The second kappa shape index (κ2) is 7.59. The Morgan fingerprint density at radius 1 is 1.28 bits per heavy atom. The van der Waals surface area contributed by atoms with Crippen LogP contribution in [0.15, 0.2) is 18.2 Å². The van der Waals surface area contributed by atoms with Crippen molar-refractivity contribution in [3.8, 4) is 6.07 Å². The minimum atomic E-state index is -0.297. The number of anilines is 1. The fraction of sp³-hybridized carbons (Fsp3) is 0.364. The Balaban J connectivity index is 1.67. The SMILES string of the molecule is CC(C)(C)C1CCc2c(sc(NC(=O)c3sc4cccc(Cl)c4c3Cl)c2C#N)C1. The van der Waals surface area contributed by atoms with Gasteiger partial charge in [-0.05, 0) is 48.3 Å². The number of rotatable bonds is 2. The summed E-state index contributed by atoms with van der Waals surface area (Å²) in [5, 5.41) is 14.9. The van der Waals surface area contributed by atoms with Crippen LogP contribution in [0.2, 0.25) is 10.0 Å². The van der Waals surface area contributed by atoms with E-state index in [2.05, 4.69) is 32.2 Å². The number of hydrogen-bond acceptors (Lipinski definition) is 4. The molecule has 0 bridgehead atoms. The molecule has 1 amide bonds. The van der Waals surface area contributed by atoms with E-state index in [1.54, 1.807) is 6.07 Å². The van der Waals surface area contributed by atoms with E-state index in [0.29, 0.717) is 36.8 Å². The van der Waals surface area contributed by atoms with Crippen molar-refractivity contribution in [2.24, 2.45) is 11.3 Å². The number of halogens is 2. The van der Waals surface area contributed by atoms with Gasteiger partial charge in [-0.3, -0.25) is 4.79 Å². The van der Waals surface area contributed by atoms with Crippen molar-refractivity contribution in [1.82, 2.24) is 0 Å². The van der Waals surface area contributed by atoms with Gasteiger partial charge in [-0.2, -0.15) is 5.26 Å². The number of carbonyl (C=O) groups is 1. The van der Waals surface area contributed by atoms with Crippen LogP contribution >= 0.6 is 45.9 Å². The molecule has 150 valence electrons. The third kappa shape index (κ3) is 3.68. The summed E-state index contributed by atoms with van der Waals surface area (Å²) in [6.07, 6.45) is 2.90. The fourth-order valence-electron chi connectivity index (χ4n) is 3.91. The van der Waals surface area contributed by atoms with E-state index in [9.17, 15) is 10.1 Å². The summed E-state index contributed by atoms with van der Waals surface area (Å²) < 4.78 is 0.867. The molecule has 0 radical (unpaired) electrons. The predicted octanol–water partition coefficient (Wildman–Crippen LogP) is 7.54. The molecule has 3 aromatic rings. The van der Waals surface area contributed by atoms with Gasteiger partial charge in [0.25, 0.3) is 5.91 Å². The van der Waals surface area contributed by atoms with Gasteiger partial charge in [0.2, 0.25) is 0 Å². The molecule has 0 fully saturated rings. The molecule has 2 aromatic heterocycles. The molecule has 0 spiro atoms. The Labute approximate surface area is 188 Å². The van der Waals surface area contributed by atoms with Crippen molar-refractivity contribution in [2.45, 2.75) is 40.0 Å². The second-order valence-corrected chi connectivity index (χ2v) is 11.4. The number of amides is 1. The summed E-state index contributed by atoms with van der Waals surface area (Å²) in [4.78, 5) is 14.6. The molecular weight excluding hydrogens is 443 g/mol. The molecule has 1 aliphatic carbocycles. The van der Waals surface area contributed by atoms with E-state index in [-0.39, 0.29) is 11.3 Å². The van der Waals surface area contributed by atoms with Crippen LogP contribution in [-0.4, -0.2) is 5.91 Å². The molecule has 1 aliphatic rings. The molecule has 7 heteroatoms. The van der Waals surface area contributed by atoms with E-state index in [1.807, 2.05) is 12.1 Å². The van der Waals surface area contributed by atoms with Crippen LogP contribution in [0, 0.1) is 22.7 Å². The molecule has 1 aromatic carbocycles. The zero-order valence-electron chi connectivity index (χ0n) is 16.4. The highest BCUT2D eigenvalue weighted by molar-refractivity contribution is 7.22. The van der Waals surface area contributed by atoms with Crippen molar-refractivity contribution < 1.29 is 4.79 Å². The minimum absolute atomic E-state index is 0.224. The lowest BCUT2D eigenvalue weighted by atomic mass is 9.72. The molecule has 1 unspecified atom stereocenters. The number of fused-ring (bicyclic) bond motifs is 2. The van der Waals surface area contributed by atoms with Gasteiger partial charge in [0, 0.05) is 15.0 Å². The van der Waals surface area contributed by atoms with E-state index in [1.165, 1.54) is 27.6 Å². The summed E-state index contributed by atoms with van der Waals surface area (Å²) in [7, 11) is 0. The standard InChI is InChI=1S/C22H20Cl2N2OS2/c1-22(2,3)11-7-8-12-13(10-25)21(29-16(12)9-11)26-20(27)19-18(24)17-14(23)5-4-6-15(17)28-19/h4-6,11H,7-9H2,1-3H3,(H,26,27). The highest BCUT2D eigenvalue weighted by Gasteiger charge is 2.32. The first-order valence-corrected chi connectivity index (χ1v) is 11.8. The van der Waals surface area contributed by atoms with Crippen LogP contribution in [0.5, 0.6) is 0 Å². The second-order valence-electron chi connectivity index (χ2n) is 8.44. The van der Waals surface area contributed by atoms with Gasteiger partial charge >= 0.3 is 0 Å². The maximum Gasteiger partial charge on any atom is 0.267 e. The van der Waals surface area contributed by atoms with Crippen molar-refractivity contribution in [2.75, 3.05) is 5.32 Å². The van der Waals surface area contributed by atoms with Crippen LogP contribution in [-0.2, 0) is 12.8 Å². The zero-order chi connectivity index (χ0) is 20.9. The number of nitrogens with zero attached hydrogens (tertiary/aromatic N) is 1. The normalized spacial score (nSPS) is 16.5. The predicted molar refractivity (Wildman–Crippen MR) is 124 cm³/mol. The first kappa shape index (κ1) is 20.7. The molecule has 2 heterocycles. The zero-order valence-corrected chi connectivity index (χ0v) is 19.5. The Morgan fingerprint density at radius 3 is 2.69 bits per heavy atom. The number of benzene rings is 1. The van der Waals surface area contributed by atoms with Crippen LogP contribution in [0.1, 0.15) is 52.9 Å². The summed E-state index contributed by atoms with van der Waals surface area (Å²) >= 11 is 15.6. The van der Waals surface area contributed by atoms with Gasteiger partial charge in [0.15, 0.2) is 0 Å². The van der Waals surface area contributed by atoms with Gasteiger partial charge in [-0.25, -0.2) is 0 Å². The molecule has 0 aliphatic heterocycles. The molecule has 0 saturated heterocycles. The summed E-state index contributed by atoms with van der Waals surface area (Å²) in [6, 6.07) is 7.80. The van der Waals surface area contributed by atoms with E-state index < -0.39 is 0 Å². The highest BCUT2D eigenvalue weighted by atomic mass is 35.5. The molecule has 29 heavy (non-hydrogen) atoms. The molecule has 4 rings (SSSR count). The molecule has 0 saturated carbocycles. The minimum Gasteiger partial charge on any atom is -0.312 e. The van der Waals surface area contributed by atoms with Gasteiger partial charge in [0.05, 0.1) is 15.6 Å². The Hall–Kier alpha value is -1.58. The number of thiophene rings is 2. The maximum absolute atomic E-state index is 13.0. The van der Waals surface area contributed by atoms with Crippen molar-refractivity contribution in [1.29, 1.82) is 5.26 Å². The number of nitriles is 1. The molecule has 3 nitrogen and oxygen atoms in total. The number of nitrogens with one attached hydrogen (secondary N) is 1. The fourth-order valence-corrected chi connectivity index (χ4v) is 7.03. The van der Waals surface area contributed by atoms with Crippen molar-refractivity contribution in [3.05, 3.63) is 49.1 Å². The molecule has 1 atom stereocenters. The lowest BCUT2D eigenvalue weighted by Crippen LogP contribution is -2.26. The topological polar surface area (TPSA) is 52.9 Å². The van der Waals surface area contributed by atoms with Crippen LogP contribution in [0.3, 0.4) is 0 Å². The van der Waals surface area contributed by atoms with E-state index in [4.69, 9.17) is 23.2 Å². The first-order chi connectivity index (χ1) is 13.7. The number of carbonyl (C=O) groups excluding carboxylic acids is 1. The Bertz CT molecular complexity index is 1160.